The molecule has 4 N–H and O–H groups in total. The third-order valence-electron chi connectivity index (χ3n) is 8.64. The lowest BCUT2D eigenvalue weighted by Gasteiger charge is -2.47. The summed E-state index contributed by atoms with van der Waals surface area (Å²) in [6.45, 7) is 10.2. The summed E-state index contributed by atoms with van der Waals surface area (Å²) in [6.07, 6.45) is 10.1. The highest BCUT2D eigenvalue weighted by Gasteiger charge is 2.50. The van der Waals surface area contributed by atoms with Crippen LogP contribution in [0.2, 0.25) is 0 Å². The highest BCUT2D eigenvalue weighted by Crippen LogP contribution is 2.40. The normalized spacial score (nSPS) is 36.6. The van der Waals surface area contributed by atoms with Gasteiger partial charge < -0.3 is 15.5 Å². The van der Waals surface area contributed by atoms with Crippen LogP contribution in [0, 0.1) is 23.7 Å². The molecule has 6 unspecified atom stereocenters. The fourth-order valence-corrected chi connectivity index (χ4v) is 7.01. The van der Waals surface area contributed by atoms with Gasteiger partial charge >= 0.3 is 0 Å². The fraction of sp³-hybridized carbons (Fsp3) is 0.960. The van der Waals surface area contributed by atoms with Crippen LogP contribution in [0.15, 0.2) is 0 Å². The Kier molecular flexibility index (Phi) is 8.49. The van der Waals surface area contributed by atoms with Gasteiger partial charge in [0.05, 0.1) is 6.17 Å². The van der Waals surface area contributed by atoms with Crippen LogP contribution < -0.4 is 16.5 Å². The molecule has 184 valence electrons. The van der Waals surface area contributed by atoms with Crippen LogP contribution >= 0.6 is 0 Å². The molecule has 3 aliphatic heterocycles. The summed E-state index contributed by atoms with van der Waals surface area (Å²) >= 11 is 0. The quantitative estimate of drug-likeness (QED) is 0.552. The fourth-order valence-electron chi connectivity index (χ4n) is 7.01. The minimum absolute atomic E-state index is 0.154. The molecule has 0 bridgehead atoms. The lowest BCUT2D eigenvalue weighted by Crippen LogP contribution is -2.62. The van der Waals surface area contributed by atoms with Crippen molar-refractivity contribution in [2.24, 2.45) is 29.4 Å². The molecule has 6 atom stereocenters. The van der Waals surface area contributed by atoms with Crippen molar-refractivity contribution in [3.8, 4) is 0 Å². The molecular formula is C25H48N6O. The van der Waals surface area contributed by atoms with Gasteiger partial charge in [0, 0.05) is 63.2 Å². The maximum absolute atomic E-state index is 13.7. The molecule has 3 saturated heterocycles. The van der Waals surface area contributed by atoms with E-state index in [1.165, 1.54) is 44.9 Å². The van der Waals surface area contributed by atoms with Crippen LogP contribution in [-0.2, 0) is 4.79 Å². The van der Waals surface area contributed by atoms with Crippen LogP contribution in [0.1, 0.15) is 65.2 Å². The number of carbonyl (C=O) groups excluding carboxylic acids is 1. The van der Waals surface area contributed by atoms with Gasteiger partial charge in [-0.15, -0.1) is 0 Å². The molecule has 4 fully saturated rings. The first kappa shape index (κ1) is 24.4. The number of fused-ring (bicyclic) bond motifs is 1. The predicted octanol–water partition coefficient (Wildman–Crippen LogP) is 1.84. The first-order valence-electron chi connectivity index (χ1n) is 13.4. The van der Waals surface area contributed by atoms with E-state index < -0.39 is 0 Å². The number of nitrogens with zero attached hydrogens (tertiary/aromatic N) is 3. The standard InChI is InChI=1S/C25H48N6O/c1-18(2)31-24-22(16-27-31)21(25(32)30-11-5-4-6-12-30)15-23(28-24)20-9-7-8-19(14-20)17-29(3)13-10-26/h18-24,27-28H,4-17,26H2,1-3H3. The van der Waals surface area contributed by atoms with E-state index >= 15 is 0 Å². The maximum atomic E-state index is 13.7. The molecular weight excluding hydrogens is 400 g/mol. The van der Waals surface area contributed by atoms with Crippen molar-refractivity contribution in [3.05, 3.63) is 0 Å². The van der Waals surface area contributed by atoms with Gasteiger partial charge in [-0.1, -0.05) is 6.42 Å². The van der Waals surface area contributed by atoms with Crippen molar-refractivity contribution in [2.75, 3.05) is 46.3 Å². The van der Waals surface area contributed by atoms with Gasteiger partial charge in [-0.05, 0) is 77.7 Å². The molecule has 0 aromatic carbocycles. The first-order chi connectivity index (χ1) is 15.5. The van der Waals surface area contributed by atoms with Crippen molar-refractivity contribution in [1.82, 2.24) is 25.6 Å². The zero-order valence-electron chi connectivity index (χ0n) is 20.8. The second kappa shape index (κ2) is 11.1. The van der Waals surface area contributed by atoms with E-state index in [0.29, 0.717) is 29.8 Å². The number of amides is 1. The Hall–Kier alpha value is -0.730. The Labute approximate surface area is 195 Å². The van der Waals surface area contributed by atoms with Crippen molar-refractivity contribution >= 4 is 5.91 Å². The van der Waals surface area contributed by atoms with Gasteiger partial charge in [0.1, 0.15) is 0 Å². The average Bonchev–Trinajstić information content (AvgIpc) is 3.23. The van der Waals surface area contributed by atoms with E-state index in [4.69, 9.17) is 5.73 Å². The molecule has 4 rings (SSSR count). The molecule has 1 saturated carbocycles. The second-order valence-corrected chi connectivity index (χ2v) is 11.3. The highest BCUT2D eigenvalue weighted by molar-refractivity contribution is 5.79. The third-order valence-corrected chi connectivity index (χ3v) is 8.64. The van der Waals surface area contributed by atoms with Crippen LogP contribution in [0.5, 0.6) is 0 Å². The first-order valence-corrected chi connectivity index (χ1v) is 13.4. The molecule has 32 heavy (non-hydrogen) atoms. The van der Waals surface area contributed by atoms with Gasteiger partial charge in [0.25, 0.3) is 0 Å². The summed E-state index contributed by atoms with van der Waals surface area (Å²) in [4.78, 5) is 18.3. The number of piperidine rings is 2. The number of nitrogens with one attached hydrogen (secondary N) is 2. The number of hydrogen-bond acceptors (Lipinski definition) is 6. The van der Waals surface area contributed by atoms with Crippen molar-refractivity contribution < 1.29 is 4.79 Å². The predicted molar refractivity (Wildman–Crippen MR) is 130 cm³/mol. The minimum Gasteiger partial charge on any atom is -0.342 e. The average molecular weight is 449 g/mol. The molecule has 0 spiro atoms. The summed E-state index contributed by atoms with van der Waals surface area (Å²) < 4.78 is 0. The summed E-state index contributed by atoms with van der Waals surface area (Å²) in [7, 11) is 2.21. The molecule has 0 aromatic rings. The molecule has 7 heteroatoms. The largest absolute Gasteiger partial charge is 0.342 e. The molecule has 0 radical (unpaired) electrons. The molecule has 1 amide bonds. The molecule has 0 aromatic heterocycles. The van der Waals surface area contributed by atoms with Gasteiger partial charge in [-0.2, -0.15) is 0 Å². The highest BCUT2D eigenvalue weighted by atomic mass is 16.2. The topological polar surface area (TPSA) is 76.9 Å². The Morgan fingerprint density at radius 3 is 2.62 bits per heavy atom. The summed E-state index contributed by atoms with van der Waals surface area (Å²) in [6, 6.07) is 0.866. The van der Waals surface area contributed by atoms with Gasteiger partial charge in [0.15, 0.2) is 0 Å². The van der Waals surface area contributed by atoms with Crippen molar-refractivity contribution in [3.63, 3.8) is 0 Å². The smallest absolute Gasteiger partial charge is 0.226 e. The number of hydrazine groups is 1. The van der Waals surface area contributed by atoms with E-state index in [-0.39, 0.29) is 12.1 Å². The summed E-state index contributed by atoms with van der Waals surface area (Å²) in [5, 5.41) is 6.45. The number of carbonyl (C=O) groups is 1. The van der Waals surface area contributed by atoms with Gasteiger partial charge in [-0.25, -0.2) is 5.01 Å². The SMILES string of the molecule is CC(C)N1NCC2C(C(=O)N3CCCCC3)CC(C3CCCC(CN(C)CCN)C3)NC21. The van der Waals surface area contributed by atoms with Crippen molar-refractivity contribution in [1.29, 1.82) is 0 Å². The van der Waals surface area contributed by atoms with E-state index in [1.807, 2.05) is 0 Å². The van der Waals surface area contributed by atoms with E-state index in [2.05, 4.69) is 46.4 Å². The van der Waals surface area contributed by atoms with Crippen LogP contribution in [0.4, 0.5) is 0 Å². The zero-order chi connectivity index (χ0) is 22.7. The number of nitrogens with two attached hydrogens (primary N) is 1. The maximum Gasteiger partial charge on any atom is 0.226 e. The Morgan fingerprint density at radius 2 is 1.91 bits per heavy atom. The van der Waals surface area contributed by atoms with Crippen LogP contribution in [0.3, 0.4) is 0 Å². The van der Waals surface area contributed by atoms with E-state index in [1.54, 1.807) is 0 Å². The van der Waals surface area contributed by atoms with Crippen LogP contribution in [0.25, 0.3) is 0 Å². The van der Waals surface area contributed by atoms with Gasteiger partial charge in [-0.3, -0.25) is 15.5 Å². The monoisotopic (exact) mass is 448 g/mol. The Balaban J connectivity index is 1.47. The molecule has 3 heterocycles. The lowest BCUT2D eigenvalue weighted by atomic mass is 9.71. The number of hydrogen-bond donors (Lipinski definition) is 3. The summed E-state index contributed by atoms with van der Waals surface area (Å²) in [5.41, 5.74) is 9.41. The van der Waals surface area contributed by atoms with E-state index in [9.17, 15) is 4.79 Å². The Bertz CT molecular complexity index is 609. The summed E-state index contributed by atoms with van der Waals surface area (Å²) in [5.74, 6) is 2.39. The molecule has 1 aliphatic carbocycles. The molecule has 7 nitrogen and oxygen atoms in total. The number of likely N-dealkylation sites (tertiary alicyclic amines) is 1. The number of rotatable bonds is 7. The Morgan fingerprint density at radius 1 is 1.12 bits per heavy atom. The minimum atomic E-state index is 0.154. The van der Waals surface area contributed by atoms with Crippen molar-refractivity contribution in [2.45, 2.75) is 83.5 Å². The number of likely N-dealkylation sites (N-methyl/N-ethyl adjacent to an activating group) is 1. The second-order valence-electron chi connectivity index (χ2n) is 11.3. The lowest BCUT2D eigenvalue weighted by molar-refractivity contribution is -0.141. The zero-order valence-corrected chi connectivity index (χ0v) is 20.8. The van der Waals surface area contributed by atoms with E-state index in [0.717, 1.165) is 51.6 Å². The third kappa shape index (κ3) is 5.49. The van der Waals surface area contributed by atoms with Gasteiger partial charge in [0.2, 0.25) is 5.91 Å². The molecule has 4 aliphatic rings. The van der Waals surface area contributed by atoms with Crippen LogP contribution in [-0.4, -0.2) is 85.3 Å².